The van der Waals surface area contributed by atoms with E-state index in [0.717, 1.165) is 4.47 Å². The van der Waals surface area contributed by atoms with E-state index in [-0.39, 0.29) is 10.9 Å². The Labute approximate surface area is 158 Å². The lowest BCUT2D eigenvalue weighted by atomic mass is 10.1. The number of nitrogens with one attached hydrogen (secondary N) is 1. The van der Waals surface area contributed by atoms with E-state index in [1.54, 1.807) is 24.3 Å². The average Bonchev–Trinajstić information content (AvgIpc) is 2.59. The summed E-state index contributed by atoms with van der Waals surface area (Å²) in [6.07, 6.45) is 0. The van der Waals surface area contributed by atoms with Gasteiger partial charge >= 0.3 is 0 Å². The molecule has 0 aromatic heterocycles. The Kier molecular flexibility index (Phi) is 7.01. The molecule has 0 saturated heterocycles. The average molecular weight is 427 g/mol. The molecule has 2 rings (SSSR count). The van der Waals surface area contributed by atoms with E-state index in [1.165, 1.54) is 24.0 Å². The van der Waals surface area contributed by atoms with Gasteiger partial charge in [-0.25, -0.2) is 12.7 Å². The van der Waals surface area contributed by atoms with Gasteiger partial charge in [0.15, 0.2) is 0 Å². The molecule has 0 spiro atoms. The van der Waals surface area contributed by atoms with Crippen molar-refractivity contribution in [2.45, 2.75) is 17.9 Å². The summed E-state index contributed by atoms with van der Waals surface area (Å²) < 4.78 is 32.0. The van der Waals surface area contributed by atoms with Gasteiger partial charge in [-0.3, -0.25) is 0 Å². The van der Waals surface area contributed by atoms with Crippen LogP contribution in [0.15, 0.2) is 57.9 Å². The minimum atomic E-state index is -3.40. The predicted molar refractivity (Wildman–Crippen MR) is 103 cm³/mol. The minimum Gasteiger partial charge on any atom is -0.492 e. The first-order chi connectivity index (χ1) is 11.8. The van der Waals surface area contributed by atoms with Gasteiger partial charge in [0, 0.05) is 31.2 Å². The Morgan fingerprint density at radius 1 is 1.12 bits per heavy atom. The highest BCUT2D eigenvalue weighted by Gasteiger charge is 2.16. The van der Waals surface area contributed by atoms with Crippen molar-refractivity contribution in [3.63, 3.8) is 0 Å². The van der Waals surface area contributed by atoms with E-state index in [1.807, 2.05) is 18.2 Å². The zero-order chi connectivity index (χ0) is 18.4. The van der Waals surface area contributed by atoms with Crippen molar-refractivity contribution in [3.05, 3.63) is 58.6 Å². The second-order valence-corrected chi connectivity index (χ2v) is 8.81. The van der Waals surface area contributed by atoms with Crippen LogP contribution in [0.4, 0.5) is 0 Å². The molecule has 25 heavy (non-hydrogen) atoms. The molecular weight excluding hydrogens is 404 g/mol. The second kappa shape index (κ2) is 8.80. The van der Waals surface area contributed by atoms with Crippen molar-refractivity contribution < 1.29 is 13.2 Å². The molecule has 0 radical (unpaired) electrons. The Balaban J connectivity index is 1.83. The second-order valence-electron chi connectivity index (χ2n) is 5.80. The van der Waals surface area contributed by atoms with Crippen LogP contribution in [-0.2, 0) is 10.0 Å². The molecule has 1 N–H and O–H groups in total. The van der Waals surface area contributed by atoms with Gasteiger partial charge in [0.2, 0.25) is 10.0 Å². The highest BCUT2D eigenvalue weighted by molar-refractivity contribution is 9.10. The monoisotopic (exact) mass is 426 g/mol. The minimum absolute atomic E-state index is 0.201. The van der Waals surface area contributed by atoms with Crippen molar-refractivity contribution in [3.8, 4) is 5.75 Å². The van der Waals surface area contributed by atoms with E-state index in [9.17, 15) is 8.42 Å². The first-order valence-electron chi connectivity index (χ1n) is 7.95. The summed E-state index contributed by atoms with van der Waals surface area (Å²) in [5.41, 5.74) is 1.20. The summed E-state index contributed by atoms with van der Waals surface area (Å²) >= 11 is 3.55. The zero-order valence-corrected chi connectivity index (χ0v) is 17.0. The number of hydrogen-bond donors (Lipinski definition) is 1. The van der Waals surface area contributed by atoms with E-state index >= 15 is 0 Å². The summed E-state index contributed by atoms with van der Waals surface area (Å²) in [4.78, 5) is 0.255. The Hall–Kier alpha value is -1.41. The van der Waals surface area contributed by atoms with Gasteiger partial charge in [-0.15, -0.1) is 0 Å². The molecular formula is C18H23BrN2O3S. The van der Waals surface area contributed by atoms with Gasteiger partial charge in [0.05, 0.1) is 4.90 Å². The van der Waals surface area contributed by atoms with E-state index in [4.69, 9.17) is 4.74 Å². The Morgan fingerprint density at radius 3 is 2.36 bits per heavy atom. The molecule has 0 aliphatic rings. The third-order valence-electron chi connectivity index (χ3n) is 3.80. The van der Waals surface area contributed by atoms with Crippen LogP contribution in [0.3, 0.4) is 0 Å². The van der Waals surface area contributed by atoms with Gasteiger partial charge in [-0.1, -0.05) is 34.1 Å². The summed E-state index contributed by atoms with van der Waals surface area (Å²) in [5.74, 6) is 0.646. The van der Waals surface area contributed by atoms with Gasteiger partial charge < -0.3 is 10.1 Å². The smallest absolute Gasteiger partial charge is 0.242 e. The van der Waals surface area contributed by atoms with Crippen LogP contribution in [0.1, 0.15) is 18.5 Å². The summed E-state index contributed by atoms with van der Waals surface area (Å²) in [5, 5.41) is 3.40. The van der Waals surface area contributed by atoms with Crippen molar-refractivity contribution >= 4 is 26.0 Å². The lowest BCUT2D eigenvalue weighted by Gasteiger charge is -2.16. The molecule has 7 heteroatoms. The largest absolute Gasteiger partial charge is 0.492 e. The topological polar surface area (TPSA) is 58.6 Å². The van der Waals surface area contributed by atoms with Crippen LogP contribution in [0.25, 0.3) is 0 Å². The molecule has 0 bridgehead atoms. The van der Waals surface area contributed by atoms with Gasteiger partial charge in [-0.05, 0) is 42.8 Å². The van der Waals surface area contributed by atoms with Crippen LogP contribution in [0.5, 0.6) is 5.75 Å². The molecule has 0 aliphatic carbocycles. The van der Waals surface area contributed by atoms with Crippen molar-refractivity contribution in [2.24, 2.45) is 0 Å². The molecule has 5 nitrogen and oxygen atoms in total. The Bertz CT molecular complexity index is 792. The molecule has 2 aromatic carbocycles. The number of rotatable bonds is 8. The molecule has 2 aromatic rings. The van der Waals surface area contributed by atoms with E-state index < -0.39 is 10.0 Å². The van der Waals surface area contributed by atoms with Crippen LogP contribution in [-0.4, -0.2) is 40.0 Å². The Morgan fingerprint density at radius 2 is 1.76 bits per heavy atom. The highest BCUT2D eigenvalue weighted by Crippen LogP contribution is 2.22. The van der Waals surface area contributed by atoms with E-state index in [0.29, 0.717) is 18.9 Å². The van der Waals surface area contributed by atoms with Gasteiger partial charge in [0.1, 0.15) is 12.4 Å². The quantitative estimate of drug-likeness (QED) is 0.656. The fourth-order valence-corrected chi connectivity index (χ4v) is 3.83. The number of hydrogen-bond acceptors (Lipinski definition) is 4. The normalized spacial score (nSPS) is 13.0. The SMILES string of the molecule is CC(NCCOc1ccc(S(=O)(=O)N(C)C)cc1)c1ccccc1Br. The number of halogens is 1. The molecule has 0 aliphatic heterocycles. The van der Waals surface area contributed by atoms with Gasteiger partial charge in [0.25, 0.3) is 0 Å². The molecule has 0 amide bonds. The summed E-state index contributed by atoms with van der Waals surface area (Å²) in [6, 6.07) is 14.8. The summed E-state index contributed by atoms with van der Waals surface area (Å²) in [6.45, 7) is 3.27. The maximum atomic E-state index is 12.0. The van der Waals surface area contributed by atoms with Crippen LogP contribution in [0, 0.1) is 0 Å². The standard InChI is InChI=1S/C18H23BrN2O3S/c1-14(17-6-4-5-7-18(17)19)20-12-13-24-15-8-10-16(11-9-15)25(22,23)21(2)3/h4-11,14,20H,12-13H2,1-3H3. The predicted octanol–water partition coefficient (Wildman–Crippen LogP) is 3.43. The fraction of sp³-hybridized carbons (Fsp3) is 0.333. The third kappa shape index (κ3) is 5.28. The number of sulfonamides is 1. The van der Waals surface area contributed by atoms with Crippen LogP contribution < -0.4 is 10.1 Å². The zero-order valence-electron chi connectivity index (χ0n) is 14.6. The lowest BCUT2D eigenvalue weighted by Crippen LogP contribution is -2.24. The number of nitrogens with zero attached hydrogens (tertiary/aromatic N) is 1. The molecule has 0 fully saturated rings. The number of benzene rings is 2. The summed E-state index contributed by atoms with van der Waals surface area (Å²) in [7, 11) is -0.381. The molecule has 0 saturated carbocycles. The first-order valence-corrected chi connectivity index (χ1v) is 10.2. The van der Waals surface area contributed by atoms with Gasteiger partial charge in [-0.2, -0.15) is 0 Å². The molecule has 1 atom stereocenters. The first kappa shape index (κ1) is 19.9. The lowest BCUT2D eigenvalue weighted by molar-refractivity contribution is 0.307. The van der Waals surface area contributed by atoms with Crippen molar-refractivity contribution in [1.82, 2.24) is 9.62 Å². The van der Waals surface area contributed by atoms with Crippen LogP contribution in [0.2, 0.25) is 0 Å². The highest BCUT2D eigenvalue weighted by atomic mass is 79.9. The number of ether oxygens (including phenoxy) is 1. The fourth-order valence-electron chi connectivity index (χ4n) is 2.30. The molecule has 136 valence electrons. The van der Waals surface area contributed by atoms with Crippen molar-refractivity contribution in [1.29, 1.82) is 0 Å². The molecule has 0 heterocycles. The maximum Gasteiger partial charge on any atom is 0.242 e. The maximum absolute atomic E-state index is 12.0. The third-order valence-corrected chi connectivity index (χ3v) is 6.35. The van der Waals surface area contributed by atoms with E-state index in [2.05, 4.69) is 34.2 Å². The molecule has 1 unspecified atom stereocenters. The van der Waals surface area contributed by atoms with Crippen molar-refractivity contribution in [2.75, 3.05) is 27.2 Å². The van der Waals surface area contributed by atoms with Crippen LogP contribution >= 0.6 is 15.9 Å².